The van der Waals surface area contributed by atoms with Gasteiger partial charge < -0.3 is 4.90 Å². The Balaban J connectivity index is 1.59. The monoisotopic (exact) mass is 366 g/mol. The highest BCUT2D eigenvalue weighted by atomic mass is 35.5. The number of H-pyrrole nitrogens is 1. The number of aromatic nitrogens is 3. The van der Waals surface area contributed by atoms with Crippen molar-refractivity contribution in [2.75, 3.05) is 13.1 Å². The van der Waals surface area contributed by atoms with Gasteiger partial charge in [0, 0.05) is 42.7 Å². The fourth-order valence-corrected chi connectivity index (χ4v) is 3.66. The topological polar surface area (TPSA) is 61.9 Å². The molecule has 1 aliphatic rings. The molecule has 3 aromatic rings. The number of nitrogens with zero attached hydrogens (tertiary/aromatic N) is 3. The third kappa shape index (κ3) is 3.35. The third-order valence-electron chi connectivity index (χ3n) is 4.83. The van der Waals surface area contributed by atoms with E-state index in [1.165, 1.54) is 0 Å². The van der Waals surface area contributed by atoms with Crippen LogP contribution in [0.25, 0.3) is 11.3 Å². The summed E-state index contributed by atoms with van der Waals surface area (Å²) < 4.78 is 0. The second kappa shape index (κ2) is 7.30. The van der Waals surface area contributed by atoms with Crippen LogP contribution in [-0.4, -0.2) is 39.1 Å². The Morgan fingerprint density at radius 2 is 2.12 bits per heavy atom. The zero-order valence-electron chi connectivity index (χ0n) is 14.2. The number of nitrogens with one attached hydrogen (secondary N) is 1. The van der Waals surface area contributed by atoms with E-state index >= 15 is 0 Å². The molecule has 0 saturated carbocycles. The first-order valence-electron chi connectivity index (χ1n) is 8.72. The number of carbonyl (C=O) groups excluding carboxylic acids is 1. The van der Waals surface area contributed by atoms with Gasteiger partial charge in [-0.3, -0.25) is 14.9 Å². The molecule has 4 rings (SSSR count). The van der Waals surface area contributed by atoms with Gasteiger partial charge >= 0.3 is 0 Å². The molecule has 1 unspecified atom stereocenters. The first-order valence-corrected chi connectivity index (χ1v) is 9.09. The smallest absolute Gasteiger partial charge is 0.255 e. The van der Waals surface area contributed by atoms with Crippen molar-refractivity contribution >= 4 is 17.5 Å². The first kappa shape index (κ1) is 16.8. The number of pyridine rings is 1. The maximum Gasteiger partial charge on any atom is 0.255 e. The number of rotatable bonds is 3. The minimum absolute atomic E-state index is 0.0306. The summed E-state index contributed by atoms with van der Waals surface area (Å²) in [5.41, 5.74) is 3.32. The predicted octanol–water partition coefficient (Wildman–Crippen LogP) is 4.14. The minimum Gasteiger partial charge on any atom is -0.338 e. The zero-order valence-corrected chi connectivity index (χ0v) is 15.0. The summed E-state index contributed by atoms with van der Waals surface area (Å²) in [6.45, 7) is 1.42. The van der Waals surface area contributed by atoms with Gasteiger partial charge in [0.05, 0.1) is 16.3 Å². The summed E-state index contributed by atoms with van der Waals surface area (Å²) in [5.74, 6) is 0.255. The Hall–Kier alpha value is -2.66. The van der Waals surface area contributed by atoms with E-state index in [9.17, 15) is 4.79 Å². The SMILES string of the molecule is O=C(c1cc(-c2ccccn2)ccc1Cl)N1CCCC(c2ccn[nH]2)C1. The van der Waals surface area contributed by atoms with E-state index in [2.05, 4.69) is 15.2 Å². The quantitative estimate of drug-likeness (QED) is 0.757. The Kier molecular flexibility index (Phi) is 4.71. The number of amides is 1. The number of aromatic amines is 1. The van der Waals surface area contributed by atoms with Crippen molar-refractivity contribution in [1.29, 1.82) is 0 Å². The molecule has 1 N–H and O–H groups in total. The van der Waals surface area contributed by atoms with Crippen molar-refractivity contribution in [2.45, 2.75) is 18.8 Å². The number of hydrogen-bond donors (Lipinski definition) is 1. The van der Waals surface area contributed by atoms with Gasteiger partial charge in [0.1, 0.15) is 0 Å². The van der Waals surface area contributed by atoms with E-state index in [-0.39, 0.29) is 11.8 Å². The molecule has 0 bridgehead atoms. The van der Waals surface area contributed by atoms with E-state index in [0.717, 1.165) is 36.3 Å². The highest BCUT2D eigenvalue weighted by Crippen LogP contribution is 2.29. The lowest BCUT2D eigenvalue weighted by Gasteiger charge is -2.32. The lowest BCUT2D eigenvalue weighted by atomic mass is 9.94. The van der Waals surface area contributed by atoms with Gasteiger partial charge in [0.15, 0.2) is 0 Å². The molecule has 2 aromatic heterocycles. The fourth-order valence-electron chi connectivity index (χ4n) is 3.46. The van der Waals surface area contributed by atoms with Crippen molar-refractivity contribution in [3.8, 4) is 11.3 Å². The van der Waals surface area contributed by atoms with Gasteiger partial charge in [-0.05, 0) is 43.2 Å². The Morgan fingerprint density at radius 1 is 1.19 bits per heavy atom. The summed E-state index contributed by atoms with van der Waals surface area (Å²) >= 11 is 6.35. The van der Waals surface area contributed by atoms with E-state index in [0.29, 0.717) is 17.1 Å². The molecule has 1 atom stereocenters. The van der Waals surface area contributed by atoms with Crippen LogP contribution in [0.15, 0.2) is 54.9 Å². The molecule has 26 heavy (non-hydrogen) atoms. The molecule has 1 aliphatic heterocycles. The van der Waals surface area contributed by atoms with Crippen LogP contribution in [0.1, 0.15) is 34.8 Å². The van der Waals surface area contributed by atoms with Crippen molar-refractivity contribution in [2.24, 2.45) is 0 Å². The molecule has 132 valence electrons. The molecule has 6 heteroatoms. The largest absolute Gasteiger partial charge is 0.338 e. The third-order valence-corrected chi connectivity index (χ3v) is 5.16. The molecule has 1 saturated heterocycles. The molecule has 0 spiro atoms. The average Bonchev–Trinajstić information content (AvgIpc) is 3.23. The summed E-state index contributed by atoms with van der Waals surface area (Å²) in [5, 5.41) is 7.52. The zero-order chi connectivity index (χ0) is 17.9. The van der Waals surface area contributed by atoms with Crippen molar-refractivity contribution in [1.82, 2.24) is 20.1 Å². The number of likely N-dealkylation sites (tertiary alicyclic amines) is 1. The summed E-state index contributed by atoms with van der Waals surface area (Å²) in [4.78, 5) is 19.4. The minimum atomic E-state index is -0.0306. The molecule has 1 aromatic carbocycles. The standard InChI is InChI=1S/C20H19ClN4O/c21-17-7-6-14(18-5-1-2-9-22-18)12-16(17)20(26)25-11-3-4-15(13-25)19-8-10-23-24-19/h1-2,5-10,12,15H,3-4,11,13H2,(H,23,24). The van der Waals surface area contributed by atoms with Crippen molar-refractivity contribution in [3.05, 3.63) is 71.1 Å². The maximum absolute atomic E-state index is 13.1. The highest BCUT2D eigenvalue weighted by Gasteiger charge is 2.27. The van der Waals surface area contributed by atoms with Gasteiger partial charge in [-0.15, -0.1) is 0 Å². The molecule has 5 nitrogen and oxygen atoms in total. The molecule has 0 aliphatic carbocycles. The maximum atomic E-state index is 13.1. The van der Waals surface area contributed by atoms with Crippen LogP contribution in [0.5, 0.6) is 0 Å². The van der Waals surface area contributed by atoms with Crippen LogP contribution in [0.2, 0.25) is 5.02 Å². The fraction of sp³-hybridized carbons (Fsp3) is 0.250. The molecular weight excluding hydrogens is 348 g/mol. The van der Waals surface area contributed by atoms with Crippen LogP contribution in [-0.2, 0) is 0 Å². The van der Waals surface area contributed by atoms with Crippen LogP contribution < -0.4 is 0 Å². The normalized spacial score (nSPS) is 17.3. The van der Waals surface area contributed by atoms with Gasteiger partial charge in [-0.25, -0.2) is 0 Å². The van der Waals surface area contributed by atoms with Crippen LogP contribution in [0.4, 0.5) is 0 Å². The Labute approximate surface area is 157 Å². The average molecular weight is 367 g/mol. The Morgan fingerprint density at radius 3 is 2.88 bits per heavy atom. The second-order valence-electron chi connectivity index (χ2n) is 6.51. The van der Waals surface area contributed by atoms with Crippen LogP contribution in [0, 0.1) is 0 Å². The molecule has 1 amide bonds. The summed E-state index contributed by atoms with van der Waals surface area (Å²) in [6, 6.07) is 13.2. The lowest BCUT2D eigenvalue weighted by molar-refractivity contribution is 0.0706. The molecule has 3 heterocycles. The van der Waals surface area contributed by atoms with E-state index in [1.54, 1.807) is 18.5 Å². The van der Waals surface area contributed by atoms with Gasteiger partial charge in [0.25, 0.3) is 5.91 Å². The summed E-state index contributed by atoms with van der Waals surface area (Å²) in [6.07, 6.45) is 5.51. The first-order chi connectivity index (χ1) is 12.7. The van der Waals surface area contributed by atoms with Gasteiger partial charge in [-0.2, -0.15) is 5.10 Å². The lowest BCUT2D eigenvalue weighted by Crippen LogP contribution is -2.39. The van der Waals surface area contributed by atoms with E-state index in [4.69, 9.17) is 11.6 Å². The molecular formula is C20H19ClN4O. The Bertz CT molecular complexity index is 895. The number of benzene rings is 1. The van der Waals surface area contributed by atoms with Gasteiger partial charge in [-0.1, -0.05) is 23.7 Å². The number of piperidine rings is 1. The number of hydrogen-bond acceptors (Lipinski definition) is 3. The van der Waals surface area contributed by atoms with Crippen LogP contribution in [0.3, 0.4) is 0 Å². The van der Waals surface area contributed by atoms with Crippen molar-refractivity contribution < 1.29 is 4.79 Å². The van der Waals surface area contributed by atoms with E-state index in [1.807, 2.05) is 41.3 Å². The number of halogens is 1. The summed E-state index contributed by atoms with van der Waals surface area (Å²) in [7, 11) is 0. The highest BCUT2D eigenvalue weighted by molar-refractivity contribution is 6.34. The molecule has 1 fully saturated rings. The van der Waals surface area contributed by atoms with Crippen LogP contribution >= 0.6 is 11.6 Å². The van der Waals surface area contributed by atoms with Crippen molar-refractivity contribution in [3.63, 3.8) is 0 Å². The van der Waals surface area contributed by atoms with Gasteiger partial charge in [0.2, 0.25) is 0 Å². The van der Waals surface area contributed by atoms with E-state index < -0.39 is 0 Å². The predicted molar refractivity (Wildman–Crippen MR) is 101 cm³/mol. The molecule has 0 radical (unpaired) electrons. The number of carbonyl (C=O) groups is 1. The second-order valence-corrected chi connectivity index (χ2v) is 6.92.